The summed E-state index contributed by atoms with van der Waals surface area (Å²) < 4.78 is 0. The topological polar surface area (TPSA) is 43.1 Å². The Labute approximate surface area is 86.7 Å². The van der Waals surface area contributed by atoms with Crippen LogP contribution in [-0.2, 0) is 0 Å². The number of hydrogen-bond donors (Lipinski definition) is 1. The maximum Gasteiger partial charge on any atom is 0.189 e. The van der Waals surface area contributed by atoms with Gasteiger partial charge >= 0.3 is 0 Å². The SMILES string of the molecule is Cc1sc(C(=O)C(C)N)c(C)c1Cl. The molecule has 1 aromatic heterocycles. The molecule has 4 heteroatoms. The molecular weight excluding hydrogens is 206 g/mol. The first-order chi connectivity index (χ1) is 5.95. The van der Waals surface area contributed by atoms with E-state index in [4.69, 9.17) is 17.3 Å². The minimum atomic E-state index is -0.451. The monoisotopic (exact) mass is 217 g/mol. The zero-order valence-corrected chi connectivity index (χ0v) is 9.42. The number of aryl methyl sites for hydroxylation is 1. The van der Waals surface area contributed by atoms with E-state index < -0.39 is 6.04 Å². The highest BCUT2D eigenvalue weighted by atomic mass is 35.5. The number of thiophene rings is 1. The second-order valence-electron chi connectivity index (χ2n) is 3.08. The lowest BCUT2D eigenvalue weighted by Crippen LogP contribution is -2.26. The number of hydrogen-bond acceptors (Lipinski definition) is 3. The molecule has 0 fully saturated rings. The highest BCUT2D eigenvalue weighted by Gasteiger charge is 2.19. The number of carbonyl (C=O) groups excluding carboxylic acids is 1. The van der Waals surface area contributed by atoms with Gasteiger partial charge in [-0.1, -0.05) is 11.6 Å². The fraction of sp³-hybridized carbons (Fsp3) is 0.444. The minimum absolute atomic E-state index is 0.0301. The molecule has 0 aliphatic rings. The van der Waals surface area contributed by atoms with Crippen LogP contribution in [0.2, 0.25) is 5.02 Å². The first-order valence-electron chi connectivity index (χ1n) is 4.00. The Hall–Kier alpha value is -0.380. The Morgan fingerprint density at radius 1 is 1.54 bits per heavy atom. The van der Waals surface area contributed by atoms with E-state index in [1.165, 1.54) is 11.3 Å². The summed E-state index contributed by atoms with van der Waals surface area (Å²) in [6, 6.07) is -0.451. The molecule has 72 valence electrons. The van der Waals surface area contributed by atoms with E-state index in [-0.39, 0.29) is 5.78 Å². The second kappa shape index (κ2) is 3.78. The van der Waals surface area contributed by atoms with E-state index >= 15 is 0 Å². The van der Waals surface area contributed by atoms with Gasteiger partial charge in [-0.15, -0.1) is 11.3 Å². The van der Waals surface area contributed by atoms with Crippen molar-refractivity contribution in [2.24, 2.45) is 5.73 Å². The van der Waals surface area contributed by atoms with Crippen LogP contribution in [0.4, 0.5) is 0 Å². The predicted octanol–water partition coefficient (Wildman–Crippen LogP) is 2.55. The zero-order chi connectivity index (χ0) is 10.2. The lowest BCUT2D eigenvalue weighted by Gasteiger charge is -2.01. The highest BCUT2D eigenvalue weighted by molar-refractivity contribution is 7.14. The molecule has 1 heterocycles. The van der Waals surface area contributed by atoms with Crippen molar-refractivity contribution in [3.63, 3.8) is 0 Å². The van der Waals surface area contributed by atoms with Gasteiger partial charge in [-0.2, -0.15) is 0 Å². The van der Waals surface area contributed by atoms with E-state index in [0.29, 0.717) is 9.90 Å². The number of Topliss-reactive ketones (excluding diaryl/α,β-unsaturated/α-hetero) is 1. The molecule has 0 spiro atoms. The largest absolute Gasteiger partial charge is 0.321 e. The van der Waals surface area contributed by atoms with Gasteiger partial charge in [-0.25, -0.2) is 0 Å². The summed E-state index contributed by atoms with van der Waals surface area (Å²) in [6.07, 6.45) is 0. The molecule has 1 atom stereocenters. The molecule has 1 aromatic rings. The lowest BCUT2D eigenvalue weighted by atomic mass is 10.1. The Bertz CT molecular complexity index is 344. The maximum atomic E-state index is 11.6. The number of ketones is 1. The van der Waals surface area contributed by atoms with Crippen molar-refractivity contribution in [2.45, 2.75) is 26.8 Å². The number of nitrogens with two attached hydrogens (primary N) is 1. The summed E-state index contributed by atoms with van der Waals surface area (Å²) in [5.41, 5.74) is 6.36. The lowest BCUT2D eigenvalue weighted by molar-refractivity contribution is 0.0971. The van der Waals surface area contributed by atoms with Crippen LogP contribution in [0.15, 0.2) is 0 Å². The third-order valence-corrected chi connectivity index (χ3v) is 3.77. The average molecular weight is 218 g/mol. The minimum Gasteiger partial charge on any atom is -0.321 e. The van der Waals surface area contributed by atoms with Crippen LogP contribution in [0.3, 0.4) is 0 Å². The van der Waals surface area contributed by atoms with Crippen LogP contribution in [0.1, 0.15) is 27.0 Å². The van der Waals surface area contributed by atoms with Gasteiger partial charge in [-0.05, 0) is 26.3 Å². The van der Waals surface area contributed by atoms with Crippen molar-refractivity contribution >= 4 is 28.7 Å². The van der Waals surface area contributed by atoms with Crippen LogP contribution in [0, 0.1) is 13.8 Å². The van der Waals surface area contributed by atoms with Crippen molar-refractivity contribution in [3.8, 4) is 0 Å². The molecular formula is C9H12ClNOS. The molecule has 0 saturated heterocycles. The molecule has 0 aromatic carbocycles. The predicted molar refractivity (Wildman–Crippen MR) is 56.8 cm³/mol. The Balaban J connectivity index is 3.16. The molecule has 0 aliphatic carbocycles. The molecule has 0 aliphatic heterocycles. The fourth-order valence-corrected chi connectivity index (χ4v) is 2.44. The Morgan fingerprint density at radius 2 is 2.08 bits per heavy atom. The van der Waals surface area contributed by atoms with Gasteiger partial charge in [0.05, 0.1) is 15.9 Å². The van der Waals surface area contributed by atoms with E-state index in [1.807, 2.05) is 13.8 Å². The van der Waals surface area contributed by atoms with Crippen molar-refractivity contribution in [1.29, 1.82) is 0 Å². The number of halogens is 1. The summed E-state index contributed by atoms with van der Waals surface area (Å²) in [6.45, 7) is 5.43. The van der Waals surface area contributed by atoms with Crippen LogP contribution < -0.4 is 5.73 Å². The maximum absolute atomic E-state index is 11.6. The molecule has 2 N–H and O–H groups in total. The van der Waals surface area contributed by atoms with E-state index in [0.717, 1.165) is 10.4 Å². The zero-order valence-electron chi connectivity index (χ0n) is 7.85. The van der Waals surface area contributed by atoms with Crippen molar-refractivity contribution in [2.75, 3.05) is 0 Å². The van der Waals surface area contributed by atoms with Gasteiger partial charge in [0.15, 0.2) is 5.78 Å². The van der Waals surface area contributed by atoms with Gasteiger partial charge in [0, 0.05) is 4.88 Å². The summed E-state index contributed by atoms with van der Waals surface area (Å²) >= 11 is 7.38. The van der Waals surface area contributed by atoms with E-state index in [1.54, 1.807) is 6.92 Å². The van der Waals surface area contributed by atoms with Crippen LogP contribution in [0.25, 0.3) is 0 Å². The highest BCUT2D eigenvalue weighted by Crippen LogP contribution is 2.32. The van der Waals surface area contributed by atoms with Crippen molar-refractivity contribution < 1.29 is 4.79 Å². The van der Waals surface area contributed by atoms with Gasteiger partial charge in [-0.3, -0.25) is 4.79 Å². The first-order valence-corrected chi connectivity index (χ1v) is 5.20. The molecule has 0 saturated carbocycles. The van der Waals surface area contributed by atoms with Crippen molar-refractivity contribution in [3.05, 3.63) is 20.3 Å². The van der Waals surface area contributed by atoms with Crippen molar-refractivity contribution in [1.82, 2.24) is 0 Å². The van der Waals surface area contributed by atoms with Gasteiger partial charge in [0.25, 0.3) is 0 Å². The quantitative estimate of drug-likeness (QED) is 0.774. The first kappa shape index (κ1) is 10.7. The van der Waals surface area contributed by atoms with E-state index in [2.05, 4.69) is 0 Å². The molecule has 0 radical (unpaired) electrons. The average Bonchev–Trinajstić information content (AvgIpc) is 2.31. The summed E-state index contributed by atoms with van der Waals surface area (Å²) in [7, 11) is 0. The molecule has 2 nitrogen and oxygen atoms in total. The van der Waals surface area contributed by atoms with Gasteiger partial charge in [0.2, 0.25) is 0 Å². The van der Waals surface area contributed by atoms with Crippen LogP contribution >= 0.6 is 22.9 Å². The van der Waals surface area contributed by atoms with Gasteiger partial charge < -0.3 is 5.73 Å². The molecule has 0 amide bonds. The number of rotatable bonds is 2. The molecule has 0 bridgehead atoms. The summed E-state index contributed by atoms with van der Waals surface area (Å²) in [4.78, 5) is 13.2. The molecule has 13 heavy (non-hydrogen) atoms. The fourth-order valence-electron chi connectivity index (χ4n) is 1.08. The second-order valence-corrected chi connectivity index (χ2v) is 4.68. The van der Waals surface area contributed by atoms with Crippen LogP contribution in [0.5, 0.6) is 0 Å². The Kier molecular flexibility index (Phi) is 3.11. The third-order valence-electron chi connectivity index (χ3n) is 1.87. The van der Waals surface area contributed by atoms with Gasteiger partial charge in [0.1, 0.15) is 0 Å². The van der Waals surface area contributed by atoms with Crippen LogP contribution in [-0.4, -0.2) is 11.8 Å². The summed E-state index contributed by atoms with van der Waals surface area (Å²) in [5.74, 6) is -0.0301. The normalized spacial score (nSPS) is 13.0. The summed E-state index contributed by atoms with van der Waals surface area (Å²) in [5, 5.41) is 0.689. The Morgan fingerprint density at radius 3 is 2.38 bits per heavy atom. The molecule has 1 rings (SSSR count). The third kappa shape index (κ3) is 1.93. The number of carbonyl (C=O) groups is 1. The van der Waals surface area contributed by atoms with E-state index in [9.17, 15) is 4.79 Å². The standard InChI is InChI=1S/C9H12ClNOS/c1-4-7(10)6(3)13-9(4)8(12)5(2)11/h5H,11H2,1-3H3. The smallest absolute Gasteiger partial charge is 0.189 e. The molecule has 1 unspecified atom stereocenters.